The molecule has 100 valence electrons. The Balaban J connectivity index is 1.98. The fourth-order valence-corrected chi connectivity index (χ4v) is 3.43. The highest BCUT2D eigenvalue weighted by atomic mass is 32.2. The lowest BCUT2D eigenvalue weighted by molar-refractivity contribution is 0.357. The summed E-state index contributed by atoms with van der Waals surface area (Å²) in [4.78, 5) is 3.97. The number of pyridine rings is 1. The Hall–Kier alpha value is -1.14. The number of sulfonamides is 1. The number of anilines is 1. The van der Waals surface area contributed by atoms with E-state index in [9.17, 15) is 8.42 Å². The van der Waals surface area contributed by atoms with Crippen LogP contribution in [0.2, 0.25) is 0 Å². The van der Waals surface area contributed by atoms with E-state index in [0.717, 1.165) is 12.8 Å². The van der Waals surface area contributed by atoms with Gasteiger partial charge in [0.2, 0.25) is 10.0 Å². The van der Waals surface area contributed by atoms with Gasteiger partial charge in [0.25, 0.3) is 0 Å². The Morgan fingerprint density at radius 1 is 1.33 bits per heavy atom. The number of rotatable bonds is 4. The molecule has 0 saturated heterocycles. The molecule has 1 heterocycles. The van der Waals surface area contributed by atoms with Gasteiger partial charge < -0.3 is 5.73 Å². The molecule has 2 rings (SSSR count). The lowest BCUT2D eigenvalue weighted by Gasteiger charge is -2.21. The third-order valence-corrected chi connectivity index (χ3v) is 4.77. The monoisotopic (exact) mass is 269 g/mol. The van der Waals surface area contributed by atoms with Gasteiger partial charge in [-0.2, -0.15) is 0 Å². The van der Waals surface area contributed by atoms with E-state index in [1.54, 1.807) is 0 Å². The van der Waals surface area contributed by atoms with Gasteiger partial charge in [0.15, 0.2) is 0 Å². The molecule has 1 fully saturated rings. The average molecular weight is 269 g/mol. The Labute approximate surface area is 108 Å². The van der Waals surface area contributed by atoms with E-state index in [1.807, 2.05) is 0 Å². The fraction of sp³-hybridized carbons (Fsp3) is 0.583. The molecule has 1 aliphatic carbocycles. The summed E-state index contributed by atoms with van der Waals surface area (Å²) in [6.45, 7) is 0.518. The van der Waals surface area contributed by atoms with Crippen LogP contribution in [0.4, 0.5) is 5.82 Å². The summed E-state index contributed by atoms with van der Waals surface area (Å²) >= 11 is 0. The maximum absolute atomic E-state index is 12.0. The van der Waals surface area contributed by atoms with Crippen LogP contribution in [-0.4, -0.2) is 19.9 Å². The van der Waals surface area contributed by atoms with Crippen molar-refractivity contribution in [3.63, 3.8) is 0 Å². The molecule has 18 heavy (non-hydrogen) atoms. The number of hydrogen-bond donors (Lipinski definition) is 2. The summed E-state index contributed by atoms with van der Waals surface area (Å²) in [5.41, 5.74) is 5.49. The van der Waals surface area contributed by atoms with Gasteiger partial charge in [0, 0.05) is 18.8 Å². The van der Waals surface area contributed by atoms with Gasteiger partial charge in [-0.1, -0.05) is 19.3 Å². The van der Waals surface area contributed by atoms with Crippen molar-refractivity contribution < 1.29 is 8.42 Å². The average Bonchev–Trinajstić information content (AvgIpc) is 2.38. The van der Waals surface area contributed by atoms with Crippen molar-refractivity contribution in [2.75, 3.05) is 12.3 Å². The Bertz CT molecular complexity index is 496. The number of nitrogens with zero attached hydrogens (tertiary/aromatic N) is 1. The van der Waals surface area contributed by atoms with Gasteiger partial charge in [-0.3, -0.25) is 0 Å². The first-order valence-electron chi connectivity index (χ1n) is 6.29. The molecule has 1 aromatic rings. The predicted molar refractivity (Wildman–Crippen MR) is 70.4 cm³/mol. The van der Waals surface area contributed by atoms with Gasteiger partial charge in [-0.05, 0) is 24.8 Å². The molecule has 6 heteroatoms. The summed E-state index contributed by atoms with van der Waals surface area (Å²) in [5.74, 6) is 0.684. The van der Waals surface area contributed by atoms with Crippen LogP contribution in [0.5, 0.6) is 0 Å². The van der Waals surface area contributed by atoms with E-state index in [0.29, 0.717) is 12.5 Å². The minimum atomic E-state index is -3.45. The van der Waals surface area contributed by atoms with Gasteiger partial charge in [0.05, 0.1) is 4.90 Å². The molecule has 0 amide bonds. The number of nitrogen functional groups attached to an aromatic ring is 1. The van der Waals surface area contributed by atoms with E-state index in [1.165, 1.54) is 37.6 Å². The van der Waals surface area contributed by atoms with E-state index in [2.05, 4.69) is 9.71 Å². The zero-order chi connectivity index (χ0) is 13.0. The second kappa shape index (κ2) is 5.67. The van der Waals surface area contributed by atoms with E-state index >= 15 is 0 Å². The molecule has 0 spiro atoms. The number of nitrogens with one attached hydrogen (secondary N) is 1. The second-order valence-electron chi connectivity index (χ2n) is 4.77. The van der Waals surface area contributed by atoms with Crippen molar-refractivity contribution in [3.05, 3.63) is 18.3 Å². The minimum absolute atomic E-state index is 0.186. The molecule has 1 saturated carbocycles. The standard InChI is InChI=1S/C12H19N3O2S/c13-12-8-11(6-7-14-12)18(16,17)15-9-10-4-2-1-3-5-10/h6-8,10,15H,1-5,9H2,(H2,13,14). The van der Waals surface area contributed by atoms with Crippen LogP contribution >= 0.6 is 0 Å². The van der Waals surface area contributed by atoms with Crippen LogP contribution in [0.25, 0.3) is 0 Å². The first-order chi connectivity index (χ1) is 8.58. The Morgan fingerprint density at radius 2 is 2.06 bits per heavy atom. The van der Waals surface area contributed by atoms with Crippen molar-refractivity contribution in [1.29, 1.82) is 0 Å². The molecule has 0 bridgehead atoms. The first kappa shape index (κ1) is 13.3. The third kappa shape index (κ3) is 3.43. The Kier molecular flexibility index (Phi) is 4.19. The van der Waals surface area contributed by atoms with E-state index in [-0.39, 0.29) is 10.7 Å². The fourth-order valence-electron chi connectivity index (χ4n) is 2.30. The lowest BCUT2D eigenvalue weighted by atomic mass is 9.90. The van der Waals surface area contributed by atoms with E-state index in [4.69, 9.17) is 5.73 Å². The normalized spacial score (nSPS) is 17.8. The molecule has 1 aromatic heterocycles. The quantitative estimate of drug-likeness (QED) is 0.868. The van der Waals surface area contributed by atoms with Crippen molar-refractivity contribution in [2.45, 2.75) is 37.0 Å². The van der Waals surface area contributed by atoms with Gasteiger partial charge >= 0.3 is 0 Å². The van der Waals surface area contributed by atoms with Crippen LogP contribution in [-0.2, 0) is 10.0 Å². The van der Waals surface area contributed by atoms with Gasteiger partial charge in [-0.25, -0.2) is 18.1 Å². The molecule has 0 unspecified atom stereocenters. The summed E-state index contributed by atoms with van der Waals surface area (Å²) in [6.07, 6.45) is 7.31. The molecule has 0 radical (unpaired) electrons. The molecule has 3 N–H and O–H groups in total. The zero-order valence-electron chi connectivity index (χ0n) is 10.3. The smallest absolute Gasteiger partial charge is 0.240 e. The highest BCUT2D eigenvalue weighted by molar-refractivity contribution is 7.89. The number of hydrogen-bond acceptors (Lipinski definition) is 4. The molecule has 0 aromatic carbocycles. The maximum atomic E-state index is 12.0. The highest BCUT2D eigenvalue weighted by Gasteiger charge is 2.18. The van der Waals surface area contributed by atoms with E-state index < -0.39 is 10.0 Å². The minimum Gasteiger partial charge on any atom is -0.384 e. The third-order valence-electron chi connectivity index (χ3n) is 3.35. The maximum Gasteiger partial charge on any atom is 0.240 e. The summed E-state index contributed by atoms with van der Waals surface area (Å²) in [6, 6.07) is 2.84. The largest absolute Gasteiger partial charge is 0.384 e. The summed E-state index contributed by atoms with van der Waals surface area (Å²) in [5, 5.41) is 0. The second-order valence-corrected chi connectivity index (χ2v) is 6.54. The first-order valence-corrected chi connectivity index (χ1v) is 7.77. The molecule has 0 aliphatic heterocycles. The number of aromatic nitrogens is 1. The summed E-state index contributed by atoms with van der Waals surface area (Å²) < 4.78 is 26.7. The molecular formula is C12H19N3O2S. The topological polar surface area (TPSA) is 85.1 Å². The van der Waals surface area contributed by atoms with Crippen LogP contribution in [0.3, 0.4) is 0 Å². The van der Waals surface area contributed by atoms with Crippen molar-refractivity contribution in [1.82, 2.24) is 9.71 Å². The molecule has 1 aliphatic rings. The summed E-state index contributed by atoms with van der Waals surface area (Å²) in [7, 11) is -3.45. The van der Waals surface area contributed by atoms with Crippen molar-refractivity contribution >= 4 is 15.8 Å². The molecule has 0 atom stereocenters. The van der Waals surface area contributed by atoms with Crippen LogP contribution < -0.4 is 10.5 Å². The van der Waals surface area contributed by atoms with Crippen molar-refractivity contribution in [3.8, 4) is 0 Å². The number of nitrogens with two attached hydrogens (primary N) is 1. The zero-order valence-corrected chi connectivity index (χ0v) is 11.1. The van der Waals surface area contributed by atoms with Gasteiger partial charge in [-0.15, -0.1) is 0 Å². The van der Waals surface area contributed by atoms with Crippen LogP contribution in [0.15, 0.2) is 23.2 Å². The highest BCUT2D eigenvalue weighted by Crippen LogP contribution is 2.23. The van der Waals surface area contributed by atoms with Gasteiger partial charge in [0.1, 0.15) is 5.82 Å². The molecule has 5 nitrogen and oxygen atoms in total. The van der Waals surface area contributed by atoms with Crippen LogP contribution in [0, 0.1) is 5.92 Å². The van der Waals surface area contributed by atoms with Crippen molar-refractivity contribution in [2.24, 2.45) is 5.92 Å². The van der Waals surface area contributed by atoms with Crippen LogP contribution in [0.1, 0.15) is 32.1 Å². The predicted octanol–water partition coefficient (Wildman–Crippen LogP) is 1.52. The molecular weight excluding hydrogens is 250 g/mol. The Morgan fingerprint density at radius 3 is 2.72 bits per heavy atom. The SMILES string of the molecule is Nc1cc(S(=O)(=O)NCC2CCCCC2)ccn1. The lowest BCUT2D eigenvalue weighted by Crippen LogP contribution is -2.30.